The van der Waals surface area contributed by atoms with Crippen LogP contribution >= 0.6 is 0 Å². The molecular weight excluding hydrogens is 176 g/mol. The van der Waals surface area contributed by atoms with Gasteiger partial charge in [0.05, 0.1) is 6.20 Å². The SMILES string of the molecule is O=C1[N]c2[nH]c(=O)cnc2C(=O)N1. The summed E-state index contributed by atoms with van der Waals surface area (Å²) in [5.41, 5.74) is -0.566. The normalized spacial score (nSPS) is 14.5. The third-order valence-electron chi connectivity index (χ3n) is 1.43. The van der Waals surface area contributed by atoms with Gasteiger partial charge in [0.15, 0.2) is 11.5 Å². The van der Waals surface area contributed by atoms with Crippen LogP contribution in [0.2, 0.25) is 0 Å². The molecular formula is C6H3N4O3. The molecule has 0 saturated heterocycles. The van der Waals surface area contributed by atoms with E-state index in [-0.39, 0.29) is 11.5 Å². The van der Waals surface area contributed by atoms with Crippen LogP contribution in [0.15, 0.2) is 11.0 Å². The molecule has 2 N–H and O–H groups in total. The Morgan fingerprint density at radius 3 is 2.77 bits per heavy atom. The summed E-state index contributed by atoms with van der Waals surface area (Å²) in [6, 6.07) is -0.804. The average Bonchev–Trinajstić information content (AvgIpc) is 2.02. The van der Waals surface area contributed by atoms with Crippen molar-refractivity contribution in [3.63, 3.8) is 0 Å². The highest BCUT2D eigenvalue weighted by Crippen LogP contribution is 2.09. The predicted octanol–water partition coefficient (Wildman–Crippen LogP) is -1.13. The second kappa shape index (κ2) is 2.41. The number of aromatic amines is 1. The lowest BCUT2D eigenvalue weighted by atomic mass is 10.3. The zero-order valence-electron chi connectivity index (χ0n) is 6.20. The smallest absolute Gasteiger partial charge is 0.304 e. The molecule has 7 heteroatoms. The number of fused-ring (bicyclic) bond motifs is 1. The first-order chi connectivity index (χ1) is 6.16. The van der Waals surface area contributed by atoms with Crippen molar-refractivity contribution in [3.05, 3.63) is 22.2 Å². The Bertz CT molecular complexity index is 449. The van der Waals surface area contributed by atoms with Gasteiger partial charge >= 0.3 is 6.03 Å². The lowest BCUT2D eigenvalue weighted by molar-refractivity contribution is 0.0954. The second-order valence-corrected chi connectivity index (χ2v) is 2.32. The van der Waals surface area contributed by atoms with Gasteiger partial charge in [-0.3, -0.25) is 14.9 Å². The molecule has 13 heavy (non-hydrogen) atoms. The molecule has 65 valence electrons. The molecule has 0 unspecified atom stereocenters. The number of carbonyl (C=O) groups excluding carboxylic acids is 2. The van der Waals surface area contributed by atoms with Crippen LogP contribution in [0.1, 0.15) is 10.5 Å². The van der Waals surface area contributed by atoms with Gasteiger partial charge in [0.1, 0.15) is 0 Å². The van der Waals surface area contributed by atoms with Gasteiger partial charge in [-0.25, -0.2) is 9.78 Å². The average molecular weight is 179 g/mol. The molecule has 7 nitrogen and oxygen atoms in total. The number of nitrogens with one attached hydrogen (secondary N) is 2. The third kappa shape index (κ3) is 1.15. The third-order valence-corrected chi connectivity index (χ3v) is 1.43. The maximum absolute atomic E-state index is 11.0. The van der Waals surface area contributed by atoms with Crippen molar-refractivity contribution in [3.8, 4) is 0 Å². The van der Waals surface area contributed by atoms with E-state index in [1.807, 2.05) is 5.32 Å². The topological polar surface area (TPSA) is 106 Å². The molecule has 0 aromatic carbocycles. The minimum atomic E-state index is -0.804. The van der Waals surface area contributed by atoms with E-state index in [2.05, 4.69) is 15.3 Å². The second-order valence-electron chi connectivity index (χ2n) is 2.32. The van der Waals surface area contributed by atoms with E-state index in [1.54, 1.807) is 0 Å². The van der Waals surface area contributed by atoms with Crippen LogP contribution < -0.4 is 16.2 Å². The Morgan fingerprint density at radius 1 is 1.23 bits per heavy atom. The monoisotopic (exact) mass is 179 g/mol. The molecule has 3 amide bonds. The lowest BCUT2D eigenvalue weighted by Gasteiger charge is -2.11. The largest absolute Gasteiger partial charge is 0.349 e. The summed E-state index contributed by atoms with van der Waals surface area (Å²) in [6.45, 7) is 0. The van der Waals surface area contributed by atoms with E-state index in [9.17, 15) is 14.4 Å². The zero-order chi connectivity index (χ0) is 9.42. The molecule has 0 aliphatic carbocycles. The van der Waals surface area contributed by atoms with Crippen molar-refractivity contribution in [1.82, 2.24) is 20.6 Å². The van der Waals surface area contributed by atoms with Gasteiger partial charge in [-0.15, -0.1) is 0 Å². The van der Waals surface area contributed by atoms with E-state index in [0.717, 1.165) is 6.20 Å². The van der Waals surface area contributed by atoms with E-state index >= 15 is 0 Å². The number of imide groups is 1. The van der Waals surface area contributed by atoms with Crippen LogP contribution in [0.25, 0.3) is 0 Å². The highest BCUT2D eigenvalue weighted by atomic mass is 16.2. The van der Waals surface area contributed by atoms with Crippen molar-refractivity contribution in [2.24, 2.45) is 0 Å². The number of nitrogens with zero attached hydrogens (tertiary/aromatic N) is 2. The van der Waals surface area contributed by atoms with Crippen LogP contribution in [0.3, 0.4) is 0 Å². The van der Waals surface area contributed by atoms with E-state index in [0.29, 0.717) is 0 Å². The van der Waals surface area contributed by atoms with Gasteiger partial charge < -0.3 is 4.98 Å². The summed E-state index contributed by atoms with van der Waals surface area (Å²) < 4.78 is 0. The fourth-order valence-electron chi connectivity index (χ4n) is 0.925. The number of carbonyl (C=O) groups is 2. The van der Waals surface area contributed by atoms with Crippen molar-refractivity contribution in [2.45, 2.75) is 0 Å². The molecule has 1 aliphatic heterocycles. The van der Waals surface area contributed by atoms with Crippen molar-refractivity contribution in [1.29, 1.82) is 0 Å². The van der Waals surface area contributed by atoms with E-state index < -0.39 is 17.5 Å². The summed E-state index contributed by atoms with van der Waals surface area (Å²) in [6.07, 6.45) is 0.948. The van der Waals surface area contributed by atoms with Gasteiger partial charge in [0.25, 0.3) is 11.5 Å². The maximum Gasteiger partial charge on any atom is 0.349 e. The molecule has 1 radical (unpaired) electrons. The van der Waals surface area contributed by atoms with Crippen LogP contribution in [-0.4, -0.2) is 21.9 Å². The van der Waals surface area contributed by atoms with E-state index in [1.165, 1.54) is 0 Å². The van der Waals surface area contributed by atoms with Crippen LogP contribution in [-0.2, 0) is 0 Å². The Hall–Kier alpha value is -2.18. The first kappa shape index (κ1) is 7.47. The number of amides is 3. The molecule has 1 aliphatic rings. The Morgan fingerprint density at radius 2 is 2.00 bits per heavy atom. The summed E-state index contributed by atoms with van der Waals surface area (Å²) >= 11 is 0. The summed E-state index contributed by atoms with van der Waals surface area (Å²) in [5.74, 6) is -0.757. The van der Waals surface area contributed by atoms with E-state index in [4.69, 9.17) is 0 Å². The van der Waals surface area contributed by atoms with Gasteiger partial charge in [-0.1, -0.05) is 0 Å². The maximum atomic E-state index is 11.0. The molecule has 0 fully saturated rings. The standard InChI is InChI=1S/C6H3N4O3/c11-2-1-7-3-4(8-2)9-6(13)10-5(3)12/h1H,(H,8,11)(H,10,12,13). The first-order valence-electron chi connectivity index (χ1n) is 3.33. The Balaban J connectivity index is 2.62. The van der Waals surface area contributed by atoms with Crippen molar-refractivity contribution in [2.75, 3.05) is 0 Å². The molecule has 2 rings (SSSR count). The minimum Gasteiger partial charge on any atom is -0.304 e. The summed E-state index contributed by atoms with van der Waals surface area (Å²) in [7, 11) is 0. The lowest BCUT2D eigenvalue weighted by Crippen LogP contribution is -2.41. The number of aromatic nitrogens is 2. The Kier molecular flexibility index (Phi) is 1.38. The number of urea groups is 1. The molecule has 0 bridgehead atoms. The fraction of sp³-hybridized carbons (Fsp3) is 0. The number of H-pyrrole nitrogens is 1. The predicted molar refractivity (Wildman–Crippen MR) is 39.5 cm³/mol. The molecule has 0 saturated carbocycles. The van der Waals surface area contributed by atoms with Crippen molar-refractivity contribution < 1.29 is 9.59 Å². The quantitative estimate of drug-likeness (QED) is 0.525. The van der Waals surface area contributed by atoms with Gasteiger partial charge in [-0.05, 0) is 0 Å². The van der Waals surface area contributed by atoms with Crippen LogP contribution in [0, 0.1) is 0 Å². The molecule has 1 aromatic heterocycles. The Labute approximate surface area is 71.2 Å². The summed E-state index contributed by atoms with van der Waals surface area (Å²) in [5, 5.41) is 5.29. The summed E-state index contributed by atoms with van der Waals surface area (Å²) in [4.78, 5) is 38.2. The molecule has 0 spiro atoms. The molecule has 1 aromatic rings. The highest BCUT2D eigenvalue weighted by molar-refractivity contribution is 6.09. The first-order valence-corrected chi connectivity index (χ1v) is 3.33. The number of hydrogen-bond acceptors (Lipinski definition) is 4. The molecule has 0 atom stereocenters. The molecule has 2 heterocycles. The number of hydrogen-bond donors (Lipinski definition) is 2. The zero-order valence-corrected chi connectivity index (χ0v) is 6.20. The van der Waals surface area contributed by atoms with Crippen LogP contribution in [0.5, 0.6) is 0 Å². The van der Waals surface area contributed by atoms with Crippen molar-refractivity contribution >= 4 is 17.8 Å². The minimum absolute atomic E-state index is 0.0563. The number of rotatable bonds is 0. The highest BCUT2D eigenvalue weighted by Gasteiger charge is 2.25. The van der Waals surface area contributed by atoms with Gasteiger partial charge in [0.2, 0.25) is 0 Å². The fourth-order valence-corrected chi connectivity index (χ4v) is 0.925. The van der Waals surface area contributed by atoms with Gasteiger partial charge in [-0.2, -0.15) is 5.32 Å². The van der Waals surface area contributed by atoms with Gasteiger partial charge in [0, 0.05) is 0 Å². The van der Waals surface area contributed by atoms with Crippen LogP contribution in [0.4, 0.5) is 10.6 Å².